The molecule has 0 bridgehead atoms. The number of alkyl halides is 2. The highest BCUT2D eigenvalue weighted by Gasteiger charge is 2.24. The lowest BCUT2D eigenvalue weighted by atomic mass is 10.3. The standard InChI is InChI=1S/C6H9F2N3O2S/c1-2-4-3-5(10-9-4)11-14(12,13)6(7)8/h3,6H,2H2,1H3,(H2,9,10,11). The molecule has 0 aromatic carbocycles. The van der Waals surface area contributed by atoms with E-state index in [0.29, 0.717) is 12.1 Å². The number of halogens is 2. The van der Waals surface area contributed by atoms with Crippen LogP contribution in [-0.2, 0) is 16.4 Å². The zero-order chi connectivity index (χ0) is 10.8. The van der Waals surface area contributed by atoms with Crippen molar-refractivity contribution in [2.75, 3.05) is 4.72 Å². The molecule has 0 spiro atoms. The molecule has 0 saturated heterocycles. The maximum atomic E-state index is 11.9. The molecule has 80 valence electrons. The van der Waals surface area contributed by atoms with Gasteiger partial charge < -0.3 is 0 Å². The Bertz CT molecular complexity index is 401. The molecule has 5 nitrogen and oxygen atoms in total. The summed E-state index contributed by atoms with van der Waals surface area (Å²) in [5, 5.41) is 6.00. The van der Waals surface area contributed by atoms with Crippen LogP contribution in [0.25, 0.3) is 0 Å². The molecule has 0 aliphatic heterocycles. The van der Waals surface area contributed by atoms with E-state index in [1.54, 1.807) is 4.72 Å². The summed E-state index contributed by atoms with van der Waals surface area (Å²) in [6, 6.07) is 1.36. The summed E-state index contributed by atoms with van der Waals surface area (Å²) in [6.07, 6.45) is 0.614. The second-order valence-corrected chi connectivity index (χ2v) is 4.19. The number of H-pyrrole nitrogens is 1. The molecule has 0 atom stereocenters. The minimum atomic E-state index is -4.61. The van der Waals surface area contributed by atoms with Crippen LogP contribution in [0.1, 0.15) is 12.6 Å². The highest BCUT2D eigenvalue weighted by molar-refractivity contribution is 7.92. The van der Waals surface area contributed by atoms with E-state index in [9.17, 15) is 17.2 Å². The number of rotatable bonds is 4. The van der Waals surface area contributed by atoms with Gasteiger partial charge in [0.05, 0.1) is 0 Å². The zero-order valence-electron chi connectivity index (χ0n) is 7.29. The summed E-state index contributed by atoms with van der Waals surface area (Å²) in [6.45, 7) is 1.82. The van der Waals surface area contributed by atoms with Gasteiger partial charge in [0.25, 0.3) is 10.0 Å². The molecule has 1 aromatic heterocycles. The maximum Gasteiger partial charge on any atom is 0.355 e. The lowest BCUT2D eigenvalue weighted by Crippen LogP contribution is -2.20. The summed E-state index contributed by atoms with van der Waals surface area (Å²) < 4.78 is 46.8. The van der Waals surface area contributed by atoms with E-state index in [1.165, 1.54) is 6.07 Å². The third-order valence-electron chi connectivity index (χ3n) is 1.49. The second-order valence-electron chi connectivity index (χ2n) is 2.54. The average molecular weight is 225 g/mol. The molecule has 14 heavy (non-hydrogen) atoms. The van der Waals surface area contributed by atoms with Gasteiger partial charge in [-0.15, -0.1) is 0 Å². The van der Waals surface area contributed by atoms with Gasteiger partial charge in [-0.1, -0.05) is 6.92 Å². The predicted molar refractivity (Wildman–Crippen MR) is 46.5 cm³/mol. The van der Waals surface area contributed by atoms with E-state index in [-0.39, 0.29) is 5.82 Å². The Balaban J connectivity index is 2.79. The summed E-state index contributed by atoms with van der Waals surface area (Å²) in [5.41, 5.74) is 0.664. The number of hydrogen-bond acceptors (Lipinski definition) is 3. The number of aryl methyl sites for hydroxylation is 1. The highest BCUT2D eigenvalue weighted by Crippen LogP contribution is 2.12. The monoisotopic (exact) mass is 225 g/mol. The molecule has 1 rings (SSSR count). The van der Waals surface area contributed by atoms with Crippen LogP contribution >= 0.6 is 0 Å². The number of anilines is 1. The number of aromatic nitrogens is 2. The fourth-order valence-corrected chi connectivity index (χ4v) is 1.27. The molecular weight excluding hydrogens is 216 g/mol. The Morgan fingerprint density at radius 2 is 2.29 bits per heavy atom. The minimum absolute atomic E-state index is 0.123. The molecule has 8 heteroatoms. The minimum Gasteiger partial charge on any atom is -0.280 e. The first-order valence-corrected chi connectivity index (χ1v) is 5.34. The Labute approximate surface area is 79.6 Å². The first-order chi connectivity index (χ1) is 6.45. The van der Waals surface area contributed by atoms with Gasteiger partial charge in [-0.25, -0.2) is 8.42 Å². The van der Waals surface area contributed by atoms with Gasteiger partial charge in [0.1, 0.15) is 0 Å². The van der Waals surface area contributed by atoms with Crippen molar-refractivity contribution in [3.05, 3.63) is 11.8 Å². The maximum absolute atomic E-state index is 11.9. The predicted octanol–water partition coefficient (Wildman–Crippen LogP) is 0.936. The van der Waals surface area contributed by atoms with E-state index in [1.807, 2.05) is 6.92 Å². The molecule has 0 aliphatic rings. The van der Waals surface area contributed by atoms with Crippen LogP contribution in [-0.4, -0.2) is 24.4 Å². The second kappa shape index (κ2) is 3.91. The number of sulfonamides is 1. The van der Waals surface area contributed by atoms with Gasteiger partial charge in [0, 0.05) is 11.8 Å². The smallest absolute Gasteiger partial charge is 0.280 e. The van der Waals surface area contributed by atoms with E-state index in [0.717, 1.165) is 0 Å². The van der Waals surface area contributed by atoms with Crippen molar-refractivity contribution in [1.29, 1.82) is 0 Å². The summed E-state index contributed by atoms with van der Waals surface area (Å²) in [4.78, 5) is 0. The Morgan fingerprint density at radius 3 is 2.71 bits per heavy atom. The molecule has 0 unspecified atom stereocenters. The SMILES string of the molecule is CCc1cc(NS(=O)(=O)C(F)F)n[nH]1. The number of hydrogen-bond donors (Lipinski definition) is 2. The van der Waals surface area contributed by atoms with Gasteiger partial charge in [0.2, 0.25) is 0 Å². The molecule has 0 amide bonds. The van der Waals surface area contributed by atoms with Gasteiger partial charge >= 0.3 is 5.76 Å². The fourth-order valence-electron chi connectivity index (χ4n) is 0.785. The molecule has 0 radical (unpaired) electrons. The van der Waals surface area contributed by atoms with Crippen LogP contribution < -0.4 is 4.72 Å². The summed E-state index contributed by atoms with van der Waals surface area (Å²) in [5.74, 6) is -3.58. The van der Waals surface area contributed by atoms with Crippen molar-refractivity contribution in [2.45, 2.75) is 19.1 Å². The van der Waals surface area contributed by atoms with Crippen molar-refractivity contribution < 1.29 is 17.2 Å². The lowest BCUT2D eigenvalue weighted by Gasteiger charge is -2.01. The number of nitrogens with zero attached hydrogens (tertiary/aromatic N) is 1. The Hall–Kier alpha value is -1.18. The third kappa shape index (κ3) is 2.41. The van der Waals surface area contributed by atoms with Gasteiger partial charge in [0.15, 0.2) is 5.82 Å². The first kappa shape index (κ1) is 10.9. The highest BCUT2D eigenvalue weighted by atomic mass is 32.2. The molecule has 0 aliphatic carbocycles. The lowest BCUT2D eigenvalue weighted by molar-refractivity contribution is 0.236. The number of nitrogens with one attached hydrogen (secondary N) is 2. The molecular formula is C6H9F2N3O2S. The van der Waals surface area contributed by atoms with Crippen LogP contribution in [0.15, 0.2) is 6.07 Å². The molecule has 2 N–H and O–H groups in total. The quantitative estimate of drug-likeness (QED) is 0.800. The van der Waals surface area contributed by atoms with Gasteiger partial charge in [-0.05, 0) is 6.42 Å². The van der Waals surface area contributed by atoms with Crippen LogP contribution in [0.4, 0.5) is 14.6 Å². The normalized spacial score (nSPS) is 12.0. The summed E-state index contributed by atoms with van der Waals surface area (Å²) in [7, 11) is -4.61. The van der Waals surface area contributed by atoms with Crippen molar-refractivity contribution in [3.8, 4) is 0 Å². The molecule has 0 fully saturated rings. The van der Waals surface area contributed by atoms with Crippen LogP contribution in [0.2, 0.25) is 0 Å². The third-order valence-corrected chi connectivity index (χ3v) is 2.46. The first-order valence-electron chi connectivity index (χ1n) is 3.79. The van der Waals surface area contributed by atoms with E-state index in [4.69, 9.17) is 0 Å². The largest absolute Gasteiger partial charge is 0.355 e. The fraction of sp³-hybridized carbons (Fsp3) is 0.500. The van der Waals surface area contributed by atoms with Crippen LogP contribution in [0.5, 0.6) is 0 Å². The molecule has 1 heterocycles. The van der Waals surface area contributed by atoms with Gasteiger partial charge in [-0.3, -0.25) is 9.82 Å². The Morgan fingerprint density at radius 1 is 1.64 bits per heavy atom. The van der Waals surface area contributed by atoms with Gasteiger partial charge in [-0.2, -0.15) is 13.9 Å². The summed E-state index contributed by atoms with van der Waals surface area (Å²) >= 11 is 0. The number of aromatic amines is 1. The van der Waals surface area contributed by atoms with Crippen molar-refractivity contribution >= 4 is 15.8 Å². The topological polar surface area (TPSA) is 74.8 Å². The van der Waals surface area contributed by atoms with Crippen molar-refractivity contribution in [3.63, 3.8) is 0 Å². The molecule has 1 aromatic rings. The van der Waals surface area contributed by atoms with Crippen LogP contribution in [0, 0.1) is 0 Å². The van der Waals surface area contributed by atoms with Crippen molar-refractivity contribution in [2.24, 2.45) is 0 Å². The van der Waals surface area contributed by atoms with Crippen LogP contribution in [0.3, 0.4) is 0 Å². The van der Waals surface area contributed by atoms with Crippen molar-refractivity contribution in [1.82, 2.24) is 10.2 Å². The van der Waals surface area contributed by atoms with E-state index >= 15 is 0 Å². The van der Waals surface area contributed by atoms with E-state index < -0.39 is 15.8 Å². The zero-order valence-corrected chi connectivity index (χ0v) is 8.11. The average Bonchev–Trinajstić information content (AvgIpc) is 2.51. The van der Waals surface area contributed by atoms with E-state index in [2.05, 4.69) is 10.2 Å². The molecule has 0 saturated carbocycles. The Kier molecular flexibility index (Phi) is 3.04.